The number of aryl methyl sites for hydroxylation is 1. The van der Waals surface area contributed by atoms with Gasteiger partial charge in [-0.1, -0.05) is 23.8 Å². The van der Waals surface area contributed by atoms with Gasteiger partial charge in [-0.25, -0.2) is 0 Å². The highest BCUT2D eigenvalue weighted by atomic mass is 32.1. The first-order chi connectivity index (χ1) is 15.4. The number of ether oxygens (including phenoxy) is 2. The molecule has 1 heterocycles. The highest BCUT2D eigenvalue weighted by molar-refractivity contribution is 7.71. The lowest BCUT2D eigenvalue weighted by Gasteiger charge is -2.16. The third-order valence-corrected chi connectivity index (χ3v) is 4.79. The van der Waals surface area contributed by atoms with Gasteiger partial charge in [-0.15, -0.1) is 0 Å². The predicted octanol–water partition coefficient (Wildman–Crippen LogP) is 2.93. The maximum Gasteiger partial charge on any atom is 0.279 e. The van der Waals surface area contributed by atoms with Crippen molar-refractivity contribution in [1.29, 1.82) is 0 Å². The molecule has 1 atom stereocenters. The molecule has 10 heteroatoms. The highest BCUT2D eigenvalue weighted by Gasteiger charge is 2.17. The molecule has 168 valence electrons. The number of aromatic nitrogens is 3. The van der Waals surface area contributed by atoms with Crippen LogP contribution in [0.3, 0.4) is 0 Å². The van der Waals surface area contributed by atoms with Crippen LogP contribution in [0.4, 0.5) is 0 Å². The fourth-order valence-electron chi connectivity index (χ4n) is 2.92. The van der Waals surface area contributed by atoms with E-state index in [1.807, 2.05) is 38.1 Å². The molecule has 0 aliphatic rings. The Balaban J connectivity index is 1.55. The largest absolute Gasteiger partial charge is 0.494 e. The quantitative estimate of drug-likeness (QED) is 0.356. The Kier molecular flexibility index (Phi) is 7.61. The van der Waals surface area contributed by atoms with Gasteiger partial charge >= 0.3 is 0 Å². The predicted molar refractivity (Wildman–Crippen MR) is 122 cm³/mol. The van der Waals surface area contributed by atoms with E-state index in [0.717, 1.165) is 11.1 Å². The molecule has 0 aliphatic heterocycles. The van der Waals surface area contributed by atoms with Gasteiger partial charge in [0.05, 0.1) is 6.61 Å². The van der Waals surface area contributed by atoms with Crippen LogP contribution in [0.1, 0.15) is 19.4 Å². The molecule has 9 nitrogen and oxygen atoms in total. The zero-order chi connectivity index (χ0) is 23.1. The number of nitrogens with one attached hydrogen (secondary N) is 3. The SMILES string of the molecule is CCOc1ccc(OC(C)C(=O)NNC(=O)Cn2c(-c3cccc(C)c3)n[nH]c2=S)cc1. The van der Waals surface area contributed by atoms with E-state index in [-0.39, 0.29) is 6.54 Å². The minimum atomic E-state index is -0.827. The molecule has 0 spiro atoms. The number of amides is 2. The first kappa shape index (κ1) is 23.0. The number of nitrogens with zero attached hydrogens (tertiary/aromatic N) is 2. The normalized spacial score (nSPS) is 11.5. The third-order valence-electron chi connectivity index (χ3n) is 4.48. The van der Waals surface area contributed by atoms with Crippen molar-refractivity contribution >= 4 is 24.0 Å². The van der Waals surface area contributed by atoms with Crippen molar-refractivity contribution in [3.8, 4) is 22.9 Å². The van der Waals surface area contributed by atoms with Crippen LogP contribution < -0.4 is 20.3 Å². The van der Waals surface area contributed by atoms with Crippen molar-refractivity contribution in [1.82, 2.24) is 25.6 Å². The van der Waals surface area contributed by atoms with Gasteiger partial charge in [0.2, 0.25) is 0 Å². The van der Waals surface area contributed by atoms with Crippen LogP contribution in [-0.4, -0.2) is 39.3 Å². The Labute approximate surface area is 190 Å². The van der Waals surface area contributed by atoms with Gasteiger partial charge in [0.1, 0.15) is 18.0 Å². The Hall–Kier alpha value is -3.66. The van der Waals surface area contributed by atoms with E-state index in [2.05, 4.69) is 21.0 Å². The van der Waals surface area contributed by atoms with Crippen molar-refractivity contribution in [2.75, 3.05) is 6.61 Å². The van der Waals surface area contributed by atoms with E-state index in [1.54, 1.807) is 35.8 Å². The molecule has 32 heavy (non-hydrogen) atoms. The van der Waals surface area contributed by atoms with E-state index in [9.17, 15) is 9.59 Å². The standard InChI is InChI=1S/C22H25N5O4S/c1-4-30-17-8-10-18(11-9-17)31-15(3)21(29)25-23-19(28)13-27-20(24-26-22(27)32)16-7-5-6-14(2)12-16/h5-12,15H,4,13H2,1-3H3,(H,23,28)(H,25,29)(H,26,32). The van der Waals surface area contributed by atoms with Gasteiger partial charge in [0.15, 0.2) is 16.7 Å². The topological polar surface area (TPSA) is 110 Å². The summed E-state index contributed by atoms with van der Waals surface area (Å²) in [5.74, 6) is 0.800. The zero-order valence-electron chi connectivity index (χ0n) is 18.0. The number of rotatable bonds is 8. The molecular formula is C22H25N5O4S. The molecule has 0 aliphatic carbocycles. The first-order valence-electron chi connectivity index (χ1n) is 10.1. The van der Waals surface area contributed by atoms with Crippen molar-refractivity contribution in [3.05, 3.63) is 58.9 Å². The number of hydrazine groups is 1. The van der Waals surface area contributed by atoms with Gasteiger partial charge < -0.3 is 9.47 Å². The summed E-state index contributed by atoms with van der Waals surface area (Å²) in [5.41, 5.74) is 6.63. The molecule has 0 fully saturated rings. The second-order valence-corrected chi connectivity index (χ2v) is 7.40. The van der Waals surface area contributed by atoms with Crippen LogP contribution >= 0.6 is 12.2 Å². The Bertz CT molecular complexity index is 1140. The van der Waals surface area contributed by atoms with Gasteiger partial charge in [-0.3, -0.25) is 30.1 Å². The zero-order valence-corrected chi connectivity index (χ0v) is 18.9. The summed E-state index contributed by atoms with van der Waals surface area (Å²) < 4.78 is 12.8. The molecule has 3 rings (SSSR count). The van der Waals surface area contributed by atoms with Crippen LogP contribution in [-0.2, 0) is 16.1 Å². The lowest BCUT2D eigenvalue weighted by Crippen LogP contribution is -2.48. The van der Waals surface area contributed by atoms with Crippen LogP contribution in [0, 0.1) is 11.7 Å². The smallest absolute Gasteiger partial charge is 0.279 e. The molecule has 0 radical (unpaired) electrons. The minimum Gasteiger partial charge on any atom is -0.494 e. The monoisotopic (exact) mass is 455 g/mol. The molecule has 1 aromatic heterocycles. The number of carbonyl (C=O) groups excluding carboxylic acids is 2. The van der Waals surface area contributed by atoms with E-state index in [1.165, 1.54) is 0 Å². The van der Waals surface area contributed by atoms with Gasteiger partial charge in [-0.05, 0) is 63.3 Å². The Morgan fingerprint density at radius 1 is 1.16 bits per heavy atom. The van der Waals surface area contributed by atoms with Gasteiger partial charge in [0.25, 0.3) is 11.8 Å². The minimum absolute atomic E-state index is 0.118. The number of hydrogen-bond acceptors (Lipinski definition) is 6. The van der Waals surface area contributed by atoms with Crippen LogP contribution in [0.25, 0.3) is 11.4 Å². The maximum atomic E-state index is 12.4. The number of carbonyl (C=O) groups is 2. The van der Waals surface area contributed by atoms with Crippen molar-refractivity contribution in [3.63, 3.8) is 0 Å². The number of aromatic amines is 1. The van der Waals surface area contributed by atoms with Crippen LogP contribution in [0.15, 0.2) is 48.5 Å². The molecule has 0 saturated heterocycles. The van der Waals surface area contributed by atoms with Crippen LogP contribution in [0.5, 0.6) is 11.5 Å². The molecule has 3 aromatic rings. The third kappa shape index (κ3) is 5.94. The molecular weight excluding hydrogens is 430 g/mol. The highest BCUT2D eigenvalue weighted by Crippen LogP contribution is 2.19. The summed E-state index contributed by atoms with van der Waals surface area (Å²) in [6.07, 6.45) is -0.827. The fourth-order valence-corrected chi connectivity index (χ4v) is 3.12. The average molecular weight is 456 g/mol. The molecule has 0 bridgehead atoms. The Morgan fingerprint density at radius 2 is 1.88 bits per heavy atom. The van der Waals surface area contributed by atoms with Crippen molar-refractivity contribution in [2.45, 2.75) is 33.4 Å². The average Bonchev–Trinajstić information content (AvgIpc) is 3.13. The first-order valence-corrected chi connectivity index (χ1v) is 10.5. The maximum absolute atomic E-state index is 12.4. The van der Waals surface area contributed by atoms with E-state index in [4.69, 9.17) is 21.7 Å². The number of H-pyrrole nitrogens is 1. The molecule has 1 unspecified atom stereocenters. The van der Waals surface area contributed by atoms with E-state index >= 15 is 0 Å². The van der Waals surface area contributed by atoms with Gasteiger partial charge in [-0.2, -0.15) is 5.10 Å². The number of benzene rings is 2. The molecule has 2 aromatic carbocycles. The van der Waals surface area contributed by atoms with Crippen molar-refractivity contribution in [2.24, 2.45) is 0 Å². The second kappa shape index (κ2) is 10.6. The fraction of sp³-hybridized carbons (Fsp3) is 0.273. The van der Waals surface area contributed by atoms with E-state index in [0.29, 0.717) is 28.7 Å². The summed E-state index contributed by atoms with van der Waals surface area (Å²) in [5, 5.41) is 6.92. The van der Waals surface area contributed by atoms with Gasteiger partial charge in [0, 0.05) is 5.56 Å². The summed E-state index contributed by atoms with van der Waals surface area (Å²) >= 11 is 5.25. The number of hydrogen-bond donors (Lipinski definition) is 3. The second-order valence-electron chi connectivity index (χ2n) is 7.01. The van der Waals surface area contributed by atoms with Crippen molar-refractivity contribution < 1.29 is 19.1 Å². The lowest BCUT2D eigenvalue weighted by molar-refractivity contribution is -0.132. The summed E-state index contributed by atoms with van der Waals surface area (Å²) in [4.78, 5) is 24.7. The molecule has 3 N–H and O–H groups in total. The van der Waals surface area contributed by atoms with E-state index < -0.39 is 17.9 Å². The van der Waals surface area contributed by atoms with Crippen LogP contribution in [0.2, 0.25) is 0 Å². The summed E-state index contributed by atoms with van der Waals surface area (Å²) in [6, 6.07) is 14.6. The Morgan fingerprint density at radius 3 is 2.56 bits per heavy atom. The summed E-state index contributed by atoms with van der Waals surface area (Å²) in [6.45, 7) is 5.89. The lowest BCUT2D eigenvalue weighted by atomic mass is 10.1. The molecule has 0 saturated carbocycles. The molecule has 2 amide bonds. The summed E-state index contributed by atoms with van der Waals surface area (Å²) in [7, 11) is 0.